The number of rotatable bonds is 3. The maximum absolute atomic E-state index is 10.5. The van der Waals surface area contributed by atoms with Crippen LogP contribution < -0.4 is 4.74 Å². The summed E-state index contributed by atoms with van der Waals surface area (Å²) in [6, 6.07) is 1.67. The van der Waals surface area contributed by atoms with E-state index < -0.39 is 12.1 Å². The van der Waals surface area contributed by atoms with Gasteiger partial charge in [0.25, 0.3) is 0 Å². The number of halogens is 1. The molecule has 0 aliphatic rings. The highest BCUT2D eigenvalue weighted by Gasteiger charge is 2.14. The normalized spacial score (nSPS) is 12.2. The summed E-state index contributed by atoms with van der Waals surface area (Å²) >= 11 is 5.68. The molecule has 0 fully saturated rings. The first-order chi connectivity index (χ1) is 6.50. The summed E-state index contributed by atoms with van der Waals surface area (Å²) in [5, 5.41) is 9.11. The maximum Gasteiger partial charge on any atom is 0.344 e. The van der Waals surface area contributed by atoms with Crippen molar-refractivity contribution in [3.8, 4) is 5.88 Å². The number of carbonyl (C=O) groups is 1. The average molecular weight is 216 g/mol. The molecule has 0 aliphatic carbocycles. The summed E-state index contributed by atoms with van der Waals surface area (Å²) in [5.74, 6) is -0.731. The van der Waals surface area contributed by atoms with E-state index in [1.807, 2.05) is 0 Å². The molecule has 0 radical (unpaired) electrons. The second-order valence-corrected chi connectivity index (χ2v) is 3.31. The number of carboxylic acid groups (broad SMARTS) is 1. The number of aryl methyl sites for hydroxylation is 1. The first-order valence-corrected chi connectivity index (χ1v) is 4.40. The number of pyridine rings is 1. The Morgan fingerprint density at radius 2 is 2.36 bits per heavy atom. The van der Waals surface area contributed by atoms with Crippen molar-refractivity contribution >= 4 is 17.6 Å². The Bertz CT molecular complexity index is 354. The molecular formula is C9H10ClNO3. The van der Waals surface area contributed by atoms with Crippen LogP contribution in [0.5, 0.6) is 5.88 Å². The highest BCUT2D eigenvalue weighted by Crippen LogP contribution is 2.19. The lowest BCUT2D eigenvalue weighted by molar-refractivity contribution is -0.144. The molecule has 1 N–H and O–H groups in total. The number of carboxylic acids is 1. The van der Waals surface area contributed by atoms with E-state index >= 15 is 0 Å². The average Bonchev–Trinajstić information content (AvgIpc) is 2.09. The van der Waals surface area contributed by atoms with Crippen LogP contribution in [0.4, 0.5) is 0 Å². The van der Waals surface area contributed by atoms with Crippen molar-refractivity contribution in [3.63, 3.8) is 0 Å². The number of nitrogens with zero attached hydrogens (tertiary/aromatic N) is 1. The highest BCUT2D eigenvalue weighted by atomic mass is 35.5. The number of hydrogen-bond acceptors (Lipinski definition) is 3. The molecule has 0 bridgehead atoms. The van der Waals surface area contributed by atoms with Crippen LogP contribution in [-0.4, -0.2) is 22.2 Å². The standard InChI is InChI=1S/C9H10ClNO3/c1-5-3-7(10)4-11-8(5)14-6(2)9(12)13/h3-4,6H,1-2H3,(H,12,13). The summed E-state index contributed by atoms with van der Waals surface area (Å²) < 4.78 is 5.09. The van der Waals surface area contributed by atoms with E-state index in [1.165, 1.54) is 13.1 Å². The second-order valence-electron chi connectivity index (χ2n) is 2.87. The van der Waals surface area contributed by atoms with Gasteiger partial charge in [-0.05, 0) is 19.9 Å². The Morgan fingerprint density at radius 1 is 1.71 bits per heavy atom. The van der Waals surface area contributed by atoms with Crippen molar-refractivity contribution in [2.45, 2.75) is 20.0 Å². The molecule has 0 saturated heterocycles. The highest BCUT2D eigenvalue weighted by molar-refractivity contribution is 6.30. The van der Waals surface area contributed by atoms with Gasteiger partial charge in [-0.2, -0.15) is 0 Å². The van der Waals surface area contributed by atoms with Gasteiger partial charge < -0.3 is 9.84 Å². The van der Waals surface area contributed by atoms with E-state index in [0.717, 1.165) is 0 Å². The lowest BCUT2D eigenvalue weighted by Crippen LogP contribution is -2.23. The zero-order valence-corrected chi connectivity index (χ0v) is 8.58. The maximum atomic E-state index is 10.5. The summed E-state index contributed by atoms with van der Waals surface area (Å²) in [7, 11) is 0. The molecule has 0 aliphatic heterocycles. The summed E-state index contributed by atoms with van der Waals surface area (Å²) in [4.78, 5) is 14.4. The van der Waals surface area contributed by atoms with Crippen LogP contribution in [0.15, 0.2) is 12.3 Å². The minimum Gasteiger partial charge on any atom is -0.479 e. The lowest BCUT2D eigenvalue weighted by atomic mass is 10.3. The van der Waals surface area contributed by atoms with Gasteiger partial charge >= 0.3 is 5.97 Å². The molecule has 5 heteroatoms. The van der Waals surface area contributed by atoms with E-state index in [1.54, 1.807) is 13.0 Å². The van der Waals surface area contributed by atoms with E-state index in [4.69, 9.17) is 21.4 Å². The SMILES string of the molecule is Cc1cc(Cl)cnc1OC(C)C(=O)O. The van der Waals surface area contributed by atoms with Crippen LogP contribution >= 0.6 is 11.6 Å². The van der Waals surface area contributed by atoms with Crippen LogP contribution in [0.2, 0.25) is 5.02 Å². The van der Waals surface area contributed by atoms with Gasteiger partial charge in [0, 0.05) is 11.8 Å². The third-order valence-electron chi connectivity index (χ3n) is 1.63. The van der Waals surface area contributed by atoms with Gasteiger partial charge in [0.2, 0.25) is 5.88 Å². The van der Waals surface area contributed by atoms with Gasteiger partial charge in [-0.3, -0.25) is 0 Å². The van der Waals surface area contributed by atoms with Crippen molar-refractivity contribution in [3.05, 3.63) is 22.8 Å². The molecule has 0 spiro atoms. The lowest BCUT2D eigenvalue weighted by Gasteiger charge is -2.11. The fraction of sp³-hybridized carbons (Fsp3) is 0.333. The van der Waals surface area contributed by atoms with E-state index in [-0.39, 0.29) is 0 Å². The van der Waals surface area contributed by atoms with Crippen LogP contribution in [0.1, 0.15) is 12.5 Å². The Kier molecular flexibility index (Phi) is 3.30. The fourth-order valence-corrected chi connectivity index (χ4v) is 1.08. The van der Waals surface area contributed by atoms with Crippen molar-refractivity contribution in [1.29, 1.82) is 0 Å². The molecule has 1 rings (SSSR count). The van der Waals surface area contributed by atoms with E-state index in [2.05, 4.69) is 4.98 Å². The van der Waals surface area contributed by atoms with Crippen LogP contribution in [0.25, 0.3) is 0 Å². The first-order valence-electron chi connectivity index (χ1n) is 4.02. The molecule has 0 amide bonds. The molecule has 14 heavy (non-hydrogen) atoms. The van der Waals surface area contributed by atoms with Gasteiger partial charge in [0.05, 0.1) is 5.02 Å². The summed E-state index contributed by atoms with van der Waals surface area (Å²) in [5.41, 5.74) is 0.714. The zero-order chi connectivity index (χ0) is 10.7. The fourth-order valence-electron chi connectivity index (χ4n) is 0.869. The Hall–Kier alpha value is -1.29. The molecule has 0 aromatic carbocycles. The number of aliphatic carboxylic acids is 1. The number of aromatic nitrogens is 1. The summed E-state index contributed by atoms with van der Waals surface area (Å²) in [6.45, 7) is 3.20. The predicted molar refractivity (Wildman–Crippen MR) is 51.7 cm³/mol. The third-order valence-corrected chi connectivity index (χ3v) is 1.84. The smallest absolute Gasteiger partial charge is 0.344 e. The van der Waals surface area contributed by atoms with Crippen LogP contribution in [-0.2, 0) is 4.79 Å². The molecule has 1 unspecified atom stereocenters. The minimum atomic E-state index is -1.03. The predicted octanol–water partition coefficient (Wildman–Crippen LogP) is 1.90. The van der Waals surface area contributed by atoms with Gasteiger partial charge in [-0.1, -0.05) is 11.6 Å². The summed E-state index contributed by atoms with van der Waals surface area (Å²) in [6.07, 6.45) is 0.501. The molecule has 76 valence electrons. The molecule has 0 saturated carbocycles. The third kappa shape index (κ3) is 2.60. The molecule has 4 nitrogen and oxygen atoms in total. The Labute approximate surface area is 86.5 Å². The second kappa shape index (κ2) is 4.28. The van der Waals surface area contributed by atoms with Crippen molar-refractivity contribution in [1.82, 2.24) is 4.98 Å². The molecule has 1 aromatic rings. The van der Waals surface area contributed by atoms with Gasteiger partial charge in [0.1, 0.15) is 0 Å². The van der Waals surface area contributed by atoms with Crippen LogP contribution in [0, 0.1) is 6.92 Å². The van der Waals surface area contributed by atoms with E-state index in [9.17, 15) is 4.79 Å². The molecule has 1 atom stereocenters. The Balaban J connectivity index is 2.82. The molecular weight excluding hydrogens is 206 g/mol. The topological polar surface area (TPSA) is 59.4 Å². The van der Waals surface area contributed by atoms with Crippen molar-refractivity contribution in [2.75, 3.05) is 0 Å². The minimum absolute atomic E-state index is 0.296. The quantitative estimate of drug-likeness (QED) is 0.837. The van der Waals surface area contributed by atoms with Gasteiger partial charge in [-0.25, -0.2) is 9.78 Å². The van der Waals surface area contributed by atoms with Crippen molar-refractivity contribution in [2.24, 2.45) is 0 Å². The Morgan fingerprint density at radius 3 is 2.86 bits per heavy atom. The van der Waals surface area contributed by atoms with E-state index in [0.29, 0.717) is 16.5 Å². The molecule has 1 aromatic heterocycles. The van der Waals surface area contributed by atoms with Crippen molar-refractivity contribution < 1.29 is 14.6 Å². The first kappa shape index (κ1) is 10.8. The van der Waals surface area contributed by atoms with Crippen LogP contribution in [0.3, 0.4) is 0 Å². The van der Waals surface area contributed by atoms with Gasteiger partial charge in [0.15, 0.2) is 6.10 Å². The van der Waals surface area contributed by atoms with Gasteiger partial charge in [-0.15, -0.1) is 0 Å². The monoisotopic (exact) mass is 215 g/mol. The molecule has 1 heterocycles. The largest absolute Gasteiger partial charge is 0.479 e. The number of ether oxygens (including phenoxy) is 1. The zero-order valence-electron chi connectivity index (χ0n) is 7.82. The number of hydrogen-bond donors (Lipinski definition) is 1.